The molecule has 10 heteroatoms. The summed E-state index contributed by atoms with van der Waals surface area (Å²) in [5, 5.41) is 13.8. The van der Waals surface area contributed by atoms with Crippen LogP contribution in [-0.2, 0) is 9.47 Å². The van der Waals surface area contributed by atoms with Crippen LogP contribution in [0.25, 0.3) is 0 Å². The molecule has 1 aromatic rings. The zero-order valence-corrected chi connectivity index (χ0v) is 19.1. The predicted octanol–water partition coefficient (Wildman–Crippen LogP) is 1.69. The van der Waals surface area contributed by atoms with Crippen LogP contribution < -0.4 is 19.5 Å². The number of aliphatic hydroxyl groups is 1. The van der Waals surface area contributed by atoms with E-state index >= 15 is 0 Å². The molecule has 4 rings (SSSR count). The van der Waals surface area contributed by atoms with Crippen molar-refractivity contribution in [2.75, 3.05) is 59.7 Å². The highest BCUT2D eigenvalue weighted by molar-refractivity contribution is 6.33. The molecule has 0 radical (unpaired) electrons. The smallest absolute Gasteiger partial charge is 0.255 e. The average Bonchev–Trinajstić information content (AvgIpc) is 3.20. The van der Waals surface area contributed by atoms with Gasteiger partial charge in [-0.05, 0) is 19.0 Å². The molecule has 2 fully saturated rings. The molecule has 0 aliphatic carbocycles. The molecule has 32 heavy (non-hydrogen) atoms. The Labute approximate surface area is 192 Å². The molecule has 3 aliphatic heterocycles. The zero-order valence-electron chi connectivity index (χ0n) is 18.3. The van der Waals surface area contributed by atoms with E-state index in [1.807, 2.05) is 0 Å². The molecule has 0 bridgehead atoms. The number of benzene rings is 1. The van der Waals surface area contributed by atoms with Crippen LogP contribution in [0.1, 0.15) is 29.6 Å². The van der Waals surface area contributed by atoms with Gasteiger partial charge in [0.05, 0.1) is 50.2 Å². The van der Waals surface area contributed by atoms with Crippen molar-refractivity contribution in [3.05, 3.63) is 16.7 Å². The molecule has 2 N–H and O–H groups in total. The number of piperidine rings is 1. The minimum Gasteiger partial charge on any atom is -0.491 e. The largest absolute Gasteiger partial charge is 0.491 e. The van der Waals surface area contributed by atoms with Gasteiger partial charge in [0.25, 0.3) is 5.91 Å². The van der Waals surface area contributed by atoms with E-state index in [1.165, 1.54) is 13.2 Å². The van der Waals surface area contributed by atoms with Crippen molar-refractivity contribution in [1.29, 1.82) is 0 Å². The van der Waals surface area contributed by atoms with E-state index in [1.54, 1.807) is 0 Å². The van der Waals surface area contributed by atoms with Crippen LogP contribution >= 0.6 is 11.6 Å². The number of carbonyl (C=O) groups is 1. The van der Waals surface area contributed by atoms with Crippen molar-refractivity contribution >= 4 is 17.5 Å². The third-order valence-electron chi connectivity index (χ3n) is 6.08. The number of halogens is 1. The SMILES string of the molecule is COc1c(Cl)cc(C(=O)NC[C@@H]2CCN(CCC3OCCO3)CC2O)c2c1OCCCO2. The summed E-state index contributed by atoms with van der Waals surface area (Å²) in [6.45, 7) is 4.78. The van der Waals surface area contributed by atoms with Crippen molar-refractivity contribution < 1.29 is 33.6 Å². The normalized spacial score (nSPS) is 24.2. The topological polar surface area (TPSA) is 98.7 Å². The van der Waals surface area contributed by atoms with Gasteiger partial charge in [-0.15, -0.1) is 0 Å². The number of nitrogens with one attached hydrogen (secondary N) is 1. The summed E-state index contributed by atoms with van der Waals surface area (Å²) in [4.78, 5) is 15.2. The Balaban J connectivity index is 1.33. The van der Waals surface area contributed by atoms with Gasteiger partial charge in [0.1, 0.15) is 0 Å². The van der Waals surface area contributed by atoms with Crippen LogP contribution in [0.15, 0.2) is 6.07 Å². The van der Waals surface area contributed by atoms with Gasteiger partial charge in [0, 0.05) is 38.4 Å². The lowest BCUT2D eigenvalue weighted by molar-refractivity contribution is -0.0576. The van der Waals surface area contributed by atoms with Gasteiger partial charge in [-0.25, -0.2) is 0 Å². The molecule has 1 aromatic carbocycles. The first-order chi connectivity index (χ1) is 15.6. The maximum absolute atomic E-state index is 13.0. The van der Waals surface area contributed by atoms with Crippen molar-refractivity contribution in [3.8, 4) is 17.2 Å². The van der Waals surface area contributed by atoms with Crippen LogP contribution in [0.4, 0.5) is 0 Å². The molecule has 1 unspecified atom stereocenters. The number of ether oxygens (including phenoxy) is 5. The molecule has 3 aliphatic rings. The number of hydrogen-bond donors (Lipinski definition) is 2. The van der Waals surface area contributed by atoms with Crippen molar-refractivity contribution in [2.24, 2.45) is 5.92 Å². The van der Waals surface area contributed by atoms with E-state index in [0.29, 0.717) is 68.7 Å². The number of fused-ring (bicyclic) bond motifs is 1. The van der Waals surface area contributed by atoms with E-state index < -0.39 is 6.10 Å². The van der Waals surface area contributed by atoms with E-state index in [4.69, 9.17) is 35.3 Å². The Kier molecular flexibility index (Phi) is 7.96. The number of nitrogens with zero attached hydrogens (tertiary/aromatic N) is 1. The Bertz CT molecular complexity index is 803. The molecule has 1 amide bonds. The summed E-state index contributed by atoms with van der Waals surface area (Å²) in [6, 6.07) is 1.54. The quantitative estimate of drug-likeness (QED) is 0.621. The minimum absolute atomic E-state index is 0.0290. The minimum atomic E-state index is -0.523. The number of β-amino-alcohol motifs (C(OH)–C–C–N with tert-alkyl or cyclic N) is 1. The first-order valence-electron chi connectivity index (χ1n) is 11.1. The second kappa shape index (κ2) is 10.9. The Morgan fingerprint density at radius 2 is 2.00 bits per heavy atom. The molecule has 9 nitrogen and oxygen atoms in total. The summed E-state index contributed by atoms with van der Waals surface area (Å²) in [7, 11) is 1.50. The summed E-state index contributed by atoms with van der Waals surface area (Å²) >= 11 is 6.32. The van der Waals surface area contributed by atoms with Crippen LogP contribution in [0.2, 0.25) is 5.02 Å². The molecular weight excluding hydrogens is 440 g/mol. The number of aliphatic hydroxyl groups excluding tert-OH is 1. The average molecular weight is 471 g/mol. The van der Waals surface area contributed by atoms with Gasteiger partial charge >= 0.3 is 0 Å². The second-order valence-corrected chi connectivity index (χ2v) is 8.64. The van der Waals surface area contributed by atoms with Gasteiger partial charge in [0.2, 0.25) is 5.75 Å². The zero-order chi connectivity index (χ0) is 22.5. The lowest BCUT2D eigenvalue weighted by Crippen LogP contribution is -2.48. The number of hydrogen-bond acceptors (Lipinski definition) is 8. The molecule has 3 heterocycles. The third-order valence-corrected chi connectivity index (χ3v) is 6.36. The first kappa shape index (κ1) is 23.4. The Morgan fingerprint density at radius 1 is 1.25 bits per heavy atom. The fraction of sp³-hybridized carbons (Fsp3) is 0.682. The van der Waals surface area contributed by atoms with Crippen LogP contribution in [0, 0.1) is 5.92 Å². The van der Waals surface area contributed by atoms with E-state index in [2.05, 4.69) is 10.2 Å². The standard InChI is InChI=1S/C22H31ClN2O7/c1-28-20-16(23)11-15(19-21(20)32-8-2-7-31-19)22(27)24-12-14-3-5-25(13-17(14)26)6-4-18-29-9-10-30-18/h11,14,17-18,26H,2-10,12-13H2,1H3,(H,24,27)/t14-,17?/m0/s1. The van der Waals surface area contributed by atoms with Gasteiger partial charge in [-0.1, -0.05) is 11.6 Å². The van der Waals surface area contributed by atoms with E-state index in [-0.39, 0.29) is 23.1 Å². The molecule has 178 valence electrons. The Morgan fingerprint density at radius 3 is 2.72 bits per heavy atom. The maximum Gasteiger partial charge on any atom is 0.255 e. The van der Waals surface area contributed by atoms with Crippen LogP contribution in [-0.4, -0.2) is 88.0 Å². The van der Waals surface area contributed by atoms with E-state index in [0.717, 1.165) is 25.9 Å². The first-order valence-corrected chi connectivity index (χ1v) is 11.5. The van der Waals surface area contributed by atoms with Crippen molar-refractivity contribution in [2.45, 2.75) is 31.7 Å². The monoisotopic (exact) mass is 470 g/mol. The van der Waals surface area contributed by atoms with Crippen molar-refractivity contribution in [3.63, 3.8) is 0 Å². The van der Waals surface area contributed by atoms with E-state index in [9.17, 15) is 9.90 Å². The predicted molar refractivity (Wildman–Crippen MR) is 117 cm³/mol. The number of methoxy groups -OCH3 is 1. The molecule has 2 saturated heterocycles. The Hall–Kier alpha value is -1.78. The van der Waals surface area contributed by atoms with Crippen LogP contribution in [0.3, 0.4) is 0 Å². The molecule has 0 spiro atoms. The fourth-order valence-corrected chi connectivity index (χ4v) is 4.57. The van der Waals surface area contributed by atoms with Gasteiger partial charge in [-0.3, -0.25) is 4.79 Å². The summed E-state index contributed by atoms with van der Waals surface area (Å²) in [5.74, 6) is 0.704. The molecule has 0 saturated carbocycles. The molecule has 0 aromatic heterocycles. The number of amides is 1. The fourth-order valence-electron chi connectivity index (χ4n) is 4.30. The summed E-state index contributed by atoms with van der Waals surface area (Å²) in [5.41, 5.74) is 0.302. The number of carbonyl (C=O) groups excluding carboxylic acids is 1. The highest BCUT2D eigenvalue weighted by Gasteiger charge is 2.30. The highest BCUT2D eigenvalue weighted by Crippen LogP contribution is 2.46. The van der Waals surface area contributed by atoms with Gasteiger partial charge < -0.3 is 39.0 Å². The van der Waals surface area contributed by atoms with Crippen LogP contribution in [0.5, 0.6) is 17.2 Å². The summed E-state index contributed by atoms with van der Waals surface area (Å²) in [6.07, 6.45) is 1.61. The second-order valence-electron chi connectivity index (χ2n) is 8.23. The number of likely N-dealkylation sites (tertiary alicyclic amines) is 1. The number of rotatable bonds is 7. The molecular formula is C22H31ClN2O7. The van der Waals surface area contributed by atoms with Gasteiger partial charge in [0.15, 0.2) is 17.8 Å². The lowest BCUT2D eigenvalue weighted by Gasteiger charge is -2.36. The summed E-state index contributed by atoms with van der Waals surface area (Å²) < 4.78 is 27.8. The third kappa shape index (κ3) is 5.40. The maximum atomic E-state index is 13.0. The highest BCUT2D eigenvalue weighted by atomic mass is 35.5. The molecule has 2 atom stereocenters. The lowest BCUT2D eigenvalue weighted by atomic mass is 9.93. The van der Waals surface area contributed by atoms with Gasteiger partial charge in [-0.2, -0.15) is 0 Å². The van der Waals surface area contributed by atoms with Crippen molar-refractivity contribution in [1.82, 2.24) is 10.2 Å².